The summed E-state index contributed by atoms with van der Waals surface area (Å²) in [6, 6.07) is 24.3. The molecule has 1 aliphatic rings. The maximum atomic E-state index is 13.0. The summed E-state index contributed by atoms with van der Waals surface area (Å²) in [5.74, 6) is -0.464. The first-order chi connectivity index (χ1) is 12.6. The van der Waals surface area contributed by atoms with Crippen LogP contribution in [0.1, 0.15) is 31.8 Å². The molecule has 0 spiro atoms. The summed E-state index contributed by atoms with van der Waals surface area (Å²) >= 11 is 0. The number of ketones is 2. The zero-order chi connectivity index (χ0) is 18.1. The van der Waals surface area contributed by atoms with Gasteiger partial charge in [-0.25, -0.2) is 0 Å². The number of anilines is 1. The van der Waals surface area contributed by atoms with Gasteiger partial charge in [-0.1, -0.05) is 66.7 Å². The molecule has 0 aliphatic heterocycles. The highest BCUT2D eigenvalue weighted by molar-refractivity contribution is 6.42. The Hall–Kier alpha value is -3.46. The molecule has 1 aliphatic carbocycles. The normalized spacial score (nSPS) is 12.9. The molecule has 0 saturated carbocycles. The Labute approximate surface area is 152 Å². The third-order valence-electron chi connectivity index (χ3n) is 4.47. The number of allylic oxidation sites excluding steroid dienone is 1. The van der Waals surface area contributed by atoms with E-state index in [1.54, 1.807) is 24.3 Å². The van der Waals surface area contributed by atoms with Crippen LogP contribution in [0.2, 0.25) is 0 Å². The Kier molecular flexibility index (Phi) is 3.98. The molecule has 0 bridgehead atoms. The van der Waals surface area contributed by atoms with Crippen molar-refractivity contribution in [2.45, 2.75) is 6.92 Å². The second kappa shape index (κ2) is 6.45. The molecule has 3 aromatic carbocycles. The van der Waals surface area contributed by atoms with Crippen molar-refractivity contribution in [2.24, 2.45) is 0 Å². The molecule has 26 heavy (non-hydrogen) atoms. The fourth-order valence-electron chi connectivity index (χ4n) is 3.23. The van der Waals surface area contributed by atoms with Crippen LogP contribution < -0.4 is 5.32 Å². The number of nitrogens with one attached hydrogen (secondary N) is 1. The maximum absolute atomic E-state index is 13.0. The molecule has 0 aromatic heterocycles. The SMILES string of the molecule is Cc1cccc(NC(=C2C(=O)c3ccccc3C2=O)c2ccccc2)c1. The molecule has 0 atom stereocenters. The average molecular weight is 339 g/mol. The first kappa shape index (κ1) is 16.0. The van der Waals surface area contributed by atoms with E-state index in [1.807, 2.05) is 61.5 Å². The molecule has 0 unspecified atom stereocenters. The van der Waals surface area contributed by atoms with Crippen molar-refractivity contribution in [3.05, 3.63) is 107 Å². The molecule has 0 heterocycles. The molecule has 3 nitrogen and oxygen atoms in total. The summed E-state index contributed by atoms with van der Waals surface area (Å²) in [7, 11) is 0. The lowest BCUT2D eigenvalue weighted by Crippen LogP contribution is -2.11. The molecular weight excluding hydrogens is 322 g/mol. The maximum Gasteiger partial charge on any atom is 0.199 e. The van der Waals surface area contributed by atoms with E-state index in [1.165, 1.54) is 0 Å². The number of benzene rings is 3. The highest BCUT2D eigenvalue weighted by Gasteiger charge is 2.35. The third kappa shape index (κ3) is 2.74. The quantitative estimate of drug-likeness (QED) is 0.545. The third-order valence-corrected chi connectivity index (χ3v) is 4.47. The molecule has 3 heteroatoms. The summed E-state index contributed by atoms with van der Waals surface area (Å²) in [6.45, 7) is 2.00. The van der Waals surface area contributed by atoms with E-state index in [0.29, 0.717) is 16.8 Å². The number of hydrogen-bond donors (Lipinski definition) is 1. The van der Waals surface area contributed by atoms with Gasteiger partial charge in [0.1, 0.15) is 0 Å². The largest absolute Gasteiger partial charge is 0.354 e. The highest BCUT2D eigenvalue weighted by atomic mass is 16.2. The van der Waals surface area contributed by atoms with Crippen molar-refractivity contribution in [1.29, 1.82) is 0 Å². The van der Waals surface area contributed by atoms with Crippen molar-refractivity contribution >= 4 is 23.0 Å². The summed E-state index contributed by atoms with van der Waals surface area (Å²) < 4.78 is 0. The second-order valence-electron chi connectivity index (χ2n) is 6.31. The highest BCUT2D eigenvalue weighted by Crippen LogP contribution is 2.32. The van der Waals surface area contributed by atoms with Gasteiger partial charge in [0, 0.05) is 16.8 Å². The van der Waals surface area contributed by atoms with Gasteiger partial charge in [0.25, 0.3) is 0 Å². The zero-order valence-electron chi connectivity index (χ0n) is 14.3. The van der Waals surface area contributed by atoms with Gasteiger partial charge in [-0.05, 0) is 30.2 Å². The summed E-state index contributed by atoms with van der Waals surface area (Å²) in [4.78, 5) is 25.9. The second-order valence-corrected chi connectivity index (χ2v) is 6.31. The van der Waals surface area contributed by atoms with Crippen LogP contribution >= 0.6 is 0 Å². The van der Waals surface area contributed by atoms with Crippen LogP contribution in [0.4, 0.5) is 5.69 Å². The predicted molar refractivity (Wildman–Crippen MR) is 103 cm³/mol. The molecule has 0 radical (unpaired) electrons. The van der Waals surface area contributed by atoms with Gasteiger partial charge in [-0.15, -0.1) is 0 Å². The van der Waals surface area contributed by atoms with Crippen molar-refractivity contribution in [1.82, 2.24) is 0 Å². The Morgan fingerprint density at radius 1 is 0.731 bits per heavy atom. The van der Waals surface area contributed by atoms with Crippen LogP contribution in [0, 0.1) is 6.92 Å². The van der Waals surface area contributed by atoms with Crippen LogP contribution in [-0.4, -0.2) is 11.6 Å². The Morgan fingerprint density at radius 3 is 1.96 bits per heavy atom. The molecule has 0 saturated heterocycles. The topological polar surface area (TPSA) is 46.2 Å². The Morgan fingerprint density at radius 2 is 1.35 bits per heavy atom. The first-order valence-electron chi connectivity index (χ1n) is 8.47. The number of carbonyl (C=O) groups is 2. The minimum Gasteiger partial charge on any atom is -0.354 e. The summed E-state index contributed by atoms with van der Waals surface area (Å²) in [6.07, 6.45) is 0. The first-order valence-corrected chi connectivity index (χ1v) is 8.47. The van der Waals surface area contributed by atoms with Gasteiger partial charge in [0.15, 0.2) is 11.6 Å². The van der Waals surface area contributed by atoms with Gasteiger partial charge in [-0.2, -0.15) is 0 Å². The fraction of sp³-hybridized carbons (Fsp3) is 0.0435. The lowest BCUT2D eigenvalue weighted by Gasteiger charge is -2.14. The summed E-state index contributed by atoms with van der Waals surface area (Å²) in [5.41, 5.74) is 4.41. The van der Waals surface area contributed by atoms with Crippen molar-refractivity contribution in [2.75, 3.05) is 5.32 Å². The van der Waals surface area contributed by atoms with Crippen LogP contribution in [-0.2, 0) is 0 Å². The smallest absolute Gasteiger partial charge is 0.199 e. The van der Waals surface area contributed by atoms with E-state index in [2.05, 4.69) is 5.32 Å². The van der Waals surface area contributed by atoms with E-state index in [-0.39, 0.29) is 17.1 Å². The molecule has 126 valence electrons. The van der Waals surface area contributed by atoms with Crippen LogP contribution in [0.15, 0.2) is 84.4 Å². The van der Waals surface area contributed by atoms with Gasteiger partial charge >= 0.3 is 0 Å². The van der Waals surface area contributed by atoms with E-state index < -0.39 is 0 Å². The minimum atomic E-state index is -0.232. The van der Waals surface area contributed by atoms with E-state index in [0.717, 1.165) is 16.8 Å². The van der Waals surface area contributed by atoms with Crippen LogP contribution in [0.3, 0.4) is 0 Å². The van der Waals surface area contributed by atoms with Crippen LogP contribution in [0.5, 0.6) is 0 Å². The lowest BCUT2D eigenvalue weighted by atomic mass is 10.0. The van der Waals surface area contributed by atoms with Crippen LogP contribution in [0.25, 0.3) is 5.70 Å². The molecular formula is C23H17NO2. The zero-order valence-corrected chi connectivity index (χ0v) is 14.3. The van der Waals surface area contributed by atoms with E-state index in [9.17, 15) is 9.59 Å². The molecule has 3 aromatic rings. The fourth-order valence-corrected chi connectivity index (χ4v) is 3.23. The van der Waals surface area contributed by atoms with Crippen molar-refractivity contribution in [3.8, 4) is 0 Å². The van der Waals surface area contributed by atoms with Gasteiger partial charge in [-0.3, -0.25) is 9.59 Å². The van der Waals surface area contributed by atoms with Gasteiger partial charge < -0.3 is 5.32 Å². The molecule has 0 fully saturated rings. The Bertz CT molecular complexity index is 1010. The standard InChI is InChI=1S/C23H17NO2/c1-15-8-7-11-17(14-15)24-21(16-9-3-2-4-10-16)20-22(25)18-12-5-6-13-19(18)23(20)26/h2-14,24H,1H3. The van der Waals surface area contributed by atoms with Crippen molar-refractivity contribution < 1.29 is 9.59 Å². The van der Waals surface area contributed by atoms with Gasteiger partial charge in [0.05, 0.1) is 11.3 Å². The predicted octanol–water partition coefficient (Wildman–Crippen LogP) is 4.90. The average Bonchev–Trinajstić information content (AvgIpc) is 2.92. The number of aryl methyl sites for hydroxylation is 1. The molecule has 0 amide bonds. The molecule has 1 N–H and O–H groups in total. The monoisotopic (exact) mass is 339 g/mol. The summed E-state index contributed by atoms with van der Waals surface area (Å²) in [5, 5.41) is 3.31. The number of rotatable bonds is 3. The van der Waals surface area contributed by atoms with E-state index in [4.69, 9.17) is 0 Å². The minimum absolute atomic E-state index is 0.193. The lowest BCUT2D eigenvalue weighted by molar-refractivity contribution is 0.0990. The Balaban J connectivity index is 1.90. The van der Waals surface area contributed by atoms with Crippen molar-refractivity contribution in [3.63, 3.8) is 0 Å². The van der Waals surface area contributed by atoms with Gasteiger partial charge in [0.2, 0.25) is 0 Å². The number of carbonyl (C=O) groups excluding carboxylic acids is 2. The molecule has 4 rings (SSSR count). The number of hydrogen-bond acceptors (Lipinski definition) is 3. The van der Waals surface area contributed by atoms with E-state index >= 15 is 0 Å². The number of fused-ring (bicyclic) bond motifs is 1. The number of Topliss-reactive ketones (excluding diaryl/α,β-unsaturated/α-hetero) is 2.